The van der Waals surface area contributed by atoms with Crippen molar-refractivity contribution in [2.45, 2.75) is 149 Å². The molecule has 9 heteroatoms. The molecule has 5 saturated carbocycles. The van der Waals surface area contributed by atoms with E-state index in [-0.39, 0.29) is 31.2 Å². The van der Waals surface area contributed by atoms with E-state index in [1.807, 2.05) is 27.7 Å². The van der Waals surface area contributed by atoms with Gasteiger partial charge in [-0.25, -0.2) is 9.59 Å². The molecule has 0 aromatic rings. The Bertz CT molecular complexity index is 1290. The van der Waals surface area contributed by atoms with Gasteiger partial charge in [0, 0.05) is 7.97 Å². The number of fused-ring (bicyclic) bond motifs is 4. The normalized spacial score (nSPS) is 45.6. The molecule has 0 radical (unpaired) electrons. The number of nitrogens with two attached hydrogens (primary N) is 1. The molecule has 266 valence electrons. The first-order chi connectivity index (χ1) is 22.0. The van der Waals surface area contributed by atoms with Gasteiger partial charge < -0.3 is 34.3 Å². The lowest BCUT2D eigenvalue weighted by Gasteiger charge is -2.60. The third kappa shape index (κ3) is 5.35. The zero-order valence-electron chi connectivity index (χ0n) is 30.0. The summed E-state index contributed by atoms with van der Waals surface area (Å²) in [6, 6.07) is 0. The van der Waals surface area contributed by atoms with E-state index in [9.17, 15) is 9.59 Å². The quantitative estimate of drug-likeness (QED) is 0.306. The summed E-state index contributed by atoms with van der Waals surface area (Å²) in [5, 5.41) is 0. The average Bonchev–Trinajstić information content (AvgIpc) is 3.56. The molecule has 2 saturated heterocycles. The summed E-state index contributed by atoms with van der Waals surface area (Å²) in [5.74, 6) is 2.62. The highest BCUT2D eigenvalue weighted by molar-refractivity contribution is 5.68. The van der Waals surface area contributed by atoms with Crippen molar-refractivity contribution in [3.05, 3.63) is 12.2 Å². The van der Waals surface area contributed by atoms with Crippen molar-refractivity contribution < 1.29 is 34.7 Å². The number of ether oxygens (including phenoxy) is 5. The zero-order valence-corrected chi connectivity index (χ0v) is 30.0. The first-order valence-electron chi connectivity index (χ1n) is 18.5. The smallest absolute Gasteiger partial charge is 0.410 e. The minimum absolute atomic E-state index is 0. The Morgan fingerprint density at radius 2 is 1.74 bits per heavy atom. The van der Waals surface area contributed by atoms with Crippen LogP contribution in [0.2, 0.25) is 0 Å². The maximum absolute atomic E-state index is 12.8. The second-order valence-electron chi connectivity index (χ2n) is 18.4. The lowest BCUT2D eigenvalue weighted by Crippen LogP contribution is -2.56. The summed E-state index contributed by atoms with van der Waals surface area (Å²) in [6.07, 6.45) is 10.1. The third-order valence-corrected chi connectivity index (χ3v) is 14.6. The Kier molecular flexibility index (Phi) is 8.12. The molecule has 2 N–H and O–H groups in total. The molecule has 2 spiro atoms. The molecule has 0 bridgehead atoms. The average molecular weight is 659 g/mol. The molecule has 7 aliphatic rings. The van der Waals surface area contributed by atoms with Crippen molar-refractivity contribution in [2.75, 3.05) is 19.7 Å². The van der Waals surface area contributed by atoms with Crippen molar-refractivity contribution in [3.63, 3.8) is 0 Å². The number of rotatable bonds is 5. The van der Waals surface area contributed by atoms with Crippen LogP contribution in [-0.2, 0) is 23.7 Å². The Hall–Kier alpha value is -1.84. The lowest BCUT2D eigenvalue weighted by molar-refractivity contribution is -0.243. The summed E-state index contributed by atoms with van der Waals surface area (Å²) < 4.78 is 30.8. The standard InChI is InChI=1S/C38H60N2O7.H2/c1-22(2)31(46-32(39)41)26-11-9-24-27(44-26)19-25-23-10-12-28-35(6,7)29(13-14-38(28)21-37(23,38)16-15-36(24,25)8)45-30-20-40(17-18-43-30)33(42)47-34(3,4)5;/h23-31H,1,9-21H2,2-8H3,(H2,39,41);1H/t23?,24?,25?,26?,27?,28?,29-,30?,31+,36+,37-,38+;/m0./s1. The molecule has 7 fully saturated rings. The van der Waals surface area contributed by atoms with E-state index in [2.05, 4.69) is 27.4 Å². The second-order valence-corrected chi connectivity index (χ2v) is 18.4. The van der Waals surface area contributed by atoms with E-state index in [4.69, 9.17) is 29.4 Å². The van der Waals surface area contributed by atoms with E-state index in [1.165, 1.54) is 38.5 Å². The van der Waals surface area contributed by atoms with Gasteiger partial charge in [0.25, 0.3) is 0 Å². The van der Waals surface area contributed by atoms with Crippen LogP contribution in [-0.4, -0.2) is 73.1 Å². The van der Waals surface area contributed by atoms with Gasteiger partial charge in [-0.3, -0.25) is 0 Å². The highest BCUT2D eigenvalue weighted by atomic mass is 16.7. The molecule has 9 nitrogen and oxygen atoms in total. The van der Waals surface area contributed by atoms with Crippen LogP contribution in [0.5, 0.6) is 0 Å². The fourth-order valence-electron chi connectivity index (χ4n) is 12.7. The molecule has 2 heterocycles. The molecular weight excluding hydrogens is 596 g/mol. The van der Waals surface area contributed by atoms with Crippen molar-refractivity contribution >= 4 is 12.2 Å². The van der Waals surface area contributed by atoms with E-state index in [1.54, 1.807) is 4.90 Å². The summed E-state index contributed by atoms with van der Waals surface area (Å²) in [5.41, 5.74) is 6.88. The largest absolute Gasteiger partial charge is 0.444 e. The van der Waals surface area contributed by atoms with Crippen molar-refractivity contribution in [1.29, 1.82) is 0 Å². The van der Waals surface area contributed by atoms with Gasteiger partial charge in [0.2, 0.25) is 0 Å². The maximum atomic E-state index is 12.8. The predicted octanol–water partition coefficient (Wildman–Crippen LogP) is 7.46. The van der Waals surface area contributed by atoms with Crippen LogP contribution in [0.4, 0.5) is 9.59 Å². The molecular formula is C38H62N2O7. The number of carbonyl (C=O) groups is 2. The predicted molar refractivity (Wildman–Crippen MR) is 179 cm³/mol. The van der Waals surface area contributed by atoms with Gasteiger partial charge in [0.1, 0.15) is 5.60 Å². The fourth-order valence-corrected chi connectivity index (χ4v) is 12.7. The van der Waals surface area contributed by atoms with Crippen LogP contribution in [0.15, 0.2) is 12.2 Å². The monoisotopic (exact) mass is 658 g/mol. The Morgan fingerprint density at radius 3 is 2.45 bits per heavy atom. The van der Waals surface area contributed by atoms with E-state index < -0.39 is 24.1 Å². The van der Waals surface area contributed by atoms with Crippen LogP contribution >= 0.6 is 0 Å². The van der Waals surface area contributed by atoms with Crippen LogP contribution in [0, 0.1) is 45.3 Å². The highest BCUT2D eigenvalue weighted by Gasteiger charge is 2.80. The maximum Gasteiger partial charge on any atom is 0.410 e. The van der Waals surface area contributed by atoms with E-state index in [0.717, 1.165) is 37.2 Å². The highest BCUT2D eigenvalue weighted by Crippen LogP contribution is 2.87. The van der Waals surface area contributed by atoms with Crippen LogP contribution in [0.1, 0.15) is 114 Å². The van der Waals surface area contributed by atoms with Crippen LogP contribution < -0.4 is 5.73 Å². The summed E-state index contributed by atoms with van der Waals surface area (Å²) in [4.78, 5) is 26.2. The summed E-state index contributed by atoms with van der Waals surface area (Å²) >= 11 is 0. The molecule has 2 aliphatic heterocycles. The summed E-state index contributed by atoms with van der Waals surface area (Å²) in [6.45, 7) is 20.6. The fraction of sp³-hybridized carbons (Fsp3) is 0.895. The number of hydrogen-bond acceptors (Lipinski definition) is 7. The van der Waals surface area contributed by atoms with Gasteiger partial charge in [0.15, 0.2) is 12.4 Å². The third-order valence-electron chi connectivity index (χ3n) is 14.6. The Labute approximate surface area is 283 Å². The van der Waals surface area contributed by atoms with Crippen LogP contribution in [0.25, 0.3) is 0 Å². The van der Waals surface area contributed by atoms with Gasteiger partial charge in [-0.05, 0) is 143 Å². The molecule has 7 unspecified atom stereocenters. The molecule has 0 aromatic heterocycles. The van der Waals surface area contributed by atoms with Gasteiger partial charge in [-0.1, -0.05) is 27.4 Å². The number of morpholine rings is 1. The number of hydrogen-bond donors (Lipinski definition) is 1. The SMILES string of the molecule is C=C(C)[C@@H](OC(N)=O)C1CCC2C(CC3C4CCC5C(C)(C)[C@@H](OC6CN(C(=O)OC(C)(C)C)CCO6)CC[C@@]56C[C@@]46CC[C@]23C)O1.[HH]. The summed E-state index contributed by atoms with van der Waals surface area (Å²) in [7, 11) is 0. The molecule has 2 amide bonds. The Morgan fingerprint density at radius 1 is 1.00 bits per heavy atom. The molecule has 12 atom stereocenters. The van der Waals surface area contributed by atoms with Gasteiger partial charge in [0.05, 0.1) is 31.5 Å². The number of primary amides is 1. The minimum Gasteiger partial charge on any atom is -0.444 e. The lowest BCUT2D eigenvalue weighted by atomic mass is 9.46. The topological polar surface area (TPSA) is 110 Å². The van der Waals surface area contributed by atoms with E-state index >= 15 is 0 Å². The van der Waals surface area contributed by atoms with Crippen molar-refractivity contribution in [2.24, 2.45) is 51.1 Å². The number of carbonyl (C=O) groups excluding carboxylic acids is 2. The number of nitrogens with zero attached hydrogens (tertiary/aromatic N) is 1. The van der Waals surface area contributed by atoms with Gasteiger partial charge >= 0.3 is 12.2 Å². The van der Waals surface area contributed by atoms with Crippen LogP contribution in [0.3, 0.4) is 0 Å². The second kappa shape index (κ2) is 11.3. The zero-order chi connectivity index (χ0) is 33.7. The van der Waals surface area contributed by atoms with Gasteiger partial charge in [-0.15, -0.1) is 0 Å². The molecule has 47 heavy (non-hydrogen) atoms. The first kappa shape index (κ1) is 33.6. The van der Waals surface area contributed by atoms with Crippen molar-refractivity contribution in [1.82, 2.24) is 4.90 Å². The van der Waals surface area contributed by atoms with E-state index in [0.29, 0.717) is 53.7 Å². The molecule has 5 aliphatic carbocycles. The van der Waals surface area contributed by atoms with Crippen molar-refractivity contribution in [3.8, 4) is 0 Å². The van der Waals surface area contributed by atoms with Gasteiger partial charge in [-0.2, -0.15) is 0 Å². The number of amides is 2. The molecule has 7 rings (SSSR count). The molecule has 0 aromatic carbocycles. The Balaban J connectivity index is 0.00000401. The minimum atomic E-state index is -0.759. The first-order valence-corrected chi connectivity index (χ1v) is 18.5.